The molecule has 116 valence electrons. The van der Waals surface area contributed by atoms with E-state index in [1.54, 1.807) is 18.2 Å². The van der Waals surface area contributed by atoms with E-state index >= 15 is 0 Å². The van der Waals surface area contributed by atoms with Gasteiger partial charge in [0.2, 0.25) is 0 Å². The molecule has 0 fully saturated rings. The molecule has 0 bridgehead atoms. The van der Waals surface area contributed by atoms with Gasteiger partial charge in [0.1, 0.15) is 5.75 Å². The predicted molar refractivity (Wildman–Crippen MR) is 90.1 cm³/mol. The highest BCUT2D eigenvalue weighted by molar-refractivity contribution is 6.31. The number of nitrogens with one attached hydrogen (secondary N) is 1. The lowest BCUT2D eigenvalue weighted by molar-refractivity contribution is 0.0950. The van der Waals surface area contributed by atoms with E-state index in [-0.39, 0.29) is 5.91 Å². The number of ether oxygens (including phenoxy) is 1. The Bertz CT molecular complexity index is 659. The van der Waals surface area contributed by atoms with E-state index in [1.165, 1.54) is 7.11 Å². The lowest BCUT2D eigenvalue weighted by Crippen LogP contribution is -2.25. The molecule has 0 radical (unpaired) electrons. The number of aryl methyl sites for hydroxylation is 1. The summed E-state index contributed by atoms with van der Waals surface area (Å²) in [6.45, 7) is 0.555. The van der Waals surface area contributed by atoms with Crippen LogP contribution in [0.25, 0.3) is 0 Å². The van der Waals surface area contributed by atoms with Crippen LogP contribution in [0.3, 0.4) is 0 Å². The van der Waals surface area contributed by atoms with Crippen molar-refractivity contribution in [2.45, 2.75) is 12.8 Å². The quantitative estimate of drug-likeness (QED) is 0.795. The van der Waals surface area contributed by atoms with Crippen LogP contribution in [0.5, 0.6) is 5.75 Å². The molecule has 3 nitrogen and oxygen atoms in total. The summed E-state index contributed by atoms with van der Waals surface area (Å²) in [4.78, 5) is 12.2. The smallest absolute Gasteiger partial charge is 0.255 e. The number of amides is 1. The molecule has 0 heterocycles. The van der Waals surface area contributed by atoms with Crippen LogP contribution in [-0.4, -0.2) is 19.6 Å². The zero-order chi connectivity index (χ0) is 15.9. The van der Waals surface area contributed by atoms with Crippen molar-refractivity contribution in [1.82, 2.24) is 5.32 Å². The van der Waals surface area contributed by atoms with E-state index in [4.69, 9.17) is 27.9 Å². The lowest BCUT2D eigenvalue weighted by atomic mass is 10.1. The largest absolute Gasteiger partial charge is 0.496 e. The molecular weight excluding hydrogens is 321 g/mol. The second-order valence-corrected chi connectivity index (χ2v) is 5.64. The number of halogens is 2. The van der Waals surface area contributed by atoms with Crippen LogP contribution in [0, 0.1) is 0 Å². The van der Waals surface area contributed by atoms with Crippen molar-refractivity contribution in [2.75, 3.05) is 13.7 Å². The third kappa shape index (κ3) is 4.39. The number of carbonyl (C=O) groups is 1. The molecule has 0 saturated carbocycles. The highest BCUT2D eigenvalue weighted by Gasteiger charge is 2.12. The molecule has 1 amide bonds. The van der Waals surface area contributed by atoms with Gasteiger partial charge in [0.05, 0.1) is 12.7 Å². The maximum atomic E-state index is 12.2. The van der Waals surface area contributed by atoms with Gasteiger partial charge in [0.15, 0.2) is 0 Å². The number of methoxy groups -OCH3 is 1. The first kappa shape index (κ1) is 16.7. The van der Waals surface area contributed by atoms with Crippen LogP contribution in [-0.2, 0) is 6.42 Å². The third-order valence-electron chi connectivity index (χ3n) is 3.27. The summed E-state index contributed by atoms with van der Waals surface area (Å²) in [5, 5.41) is 4.13. The van der Waals surface area contributed by atoms with E-state index in [2.05, 4.69) is 5.32 Å². The fraction of sp³-hybridized carbons (Fsp3) is 0.235. The number of carbonyl (C=O) groups excluding carboxylic acids is 1. The maximum absolute atomic E-state index is 12.2. The fourth-order valence-electron chi connectivity index (χ4n) is 2.13. The summed E-state index contributed by atoms with van der Waals surface area (Å²) in [5.74, 6) is 0.312. The number of hydrogen-bond donors (Lipinski definition) is 1. The summed E-state index contributed by atoms with van der Waals surface area (Å²) < 4.78 is 5.18. The van der Waals surface area contributed by atoms with Gasteiger partial charge in [-0.3, -0.25) is 4.79 Å². The average Bonchev–Trinajstić information content (AvgIpc) is 2.52. The van der Waals surface area contributed by atoms with Gasteiger partial charge in [0.25, 0.3) is 5.91 Å². The van der Waals surface area contributed by atoms with Gasteiger partial charge in [-0.1, -0.05) is 41.4 Å². The summed E-state index contributed by atoms with van der Waals surface area (Å²) in [5.41, 5.74) is 1.52. The molecule has 1 N–H and O–H groups in total. The second-order valence-electron chi connectivity index (χ2n) is 4.80. The Morgan fingerprint density at radius 3 is 2.68 bits per heavy atom. The Balaban J connectivity index is 1.88. The fourth-order valence-corrected chi connectivity index (χ4v) is 2.54. The Kier molecular flexibility index (Phi) is 6.10. The van der Waals surface area contributed by atoms with Crippen molar-refractivity contribution < 1.29 is 9.53 Å². The van der Waals surface area contributed by atoms with Gasteiger partial charge in [-0.15, -0.1) is 0 Å². The molecule has 0 aliphatic heterocycles. The van der Waals surface area contributed by atoms with Crippen LogP contribution in [0.1, 0.15) is 22.3 Å². The molecular formula is C17H17Cl2NO2. The highest BCUT2D eigenvalue weighted by Crippen LogP contribution is 2.22. The SMILES string of the molecule is COc1ccc(Cl)cc1C(=O)NCCCc1ccccc1Cl. The zero-order valence-corrected chi connectivity index (χ0v) is 13.7. The molecule has 0 spiro atoms. The van der Waals surface area contributed by atoms with Crippen molar-refractivity contribution >= 4 is 29.1 Å². The number of benzene rings is 2. The van der Waals surface area contributed by atoms with Crippen molar-refractivity contribution in [3.8, 4) is 5.75 Å². The van der Waals surface area contributed by atoms with Gasteiger partial charge in [-0.05, 0) is 42.7 Å². The lowest BCUT2D eigenvalue weighted by Gasteiger charge is -2.10. The molecule has 2 rings (SSSR count). The van der Waals surface area contributed by atoms with Crippen LogP contribution >= 0.6 is 23.2 Å². The third-order valence-corrected chi connectivity index (χ3v) is 3.88. The summed E-state index contributed by atoms with van der Waals surface area (Å²) >= 11 is 12.0. The number of hydrogen-bond acceptors (Lipinski definition) is 2. The molecule has 0 saturated heterocycles. The molecule has 0 aromatic heterocycles. The number of rotatable bonds is 6. The normalized spacial score (nSPS) is 10.3. The maximum Gasteiger partial charge on any atom is 0.255 e. The van der Waals surface area contributed by atoms with Crippen LogP contribution in [0.4, 0.5) is 0 Å². The first-order valence-corrected chi connectivity index (χ1v) is 7.72. The van der Waals surface area contributed by atoms with E-state index in [0.29, 0.717) is 22.9 Å². The molecule has 22 heavy (non-hydrogen) atoms. The zero-order valence-electron chi connectivity index (χ0n) is 12.2. The standard InChI is InChI=1S/C17H17Cl2NO2/c1-22-16-9-8-13(18)11-14(16)17(21)20-10-4-6-12-5-2-3-7-15(12)19/h2-3,5,7-9,11H,4,6,10H2,1H3,(H,20,21). The van der Waals surface area contributed by atoms with Crippen molar-refractivity contribution in [1.29, 1.82) is 0 Å². The Labute approximate surface area is 140 Å². The first-order valence-electron chi connectivity index (χ1n) is 6.97. The van der Waals surface area contributed by atoms with Crippen molar-refractivity contribution in [3.63, 3.8) is 0 Å². The van der Waals surface area contributed by atoms with E-state index in [1.807, 2.05) is 24.3 Å². The topological polar surface area (TPSA) is 38.3 Å². The van der Waals surface area contributed by atoms with Crippen LogP contribution in [0.15, 0.2) is 42.5 Å². The predicted octanol–water partition coefficient (Wildman–Crippen LogP) is 4.36. The molecule has 2 aromatic rings. The van der Waals surface area contributed by atoms with Gasteiger partial charge in [0, 0.05) is 16.6 Å². The molecule has 0 unspecified atom stereocenters. The van der Waals surface area contributed by atoms with Gasteiger partial charge < -0.3 is 10.1 Å². The first-order chi connectivity index (χ1) is 10.6. The molecule has 5 heteroatoms. The van der Waals surface area contributed by atoms with Crippen molar-refractivity contribution in [2.24, 2.45) is 0 Å². The van der Waals surface area contributed by atoms with E-state index in [9.17, 15) is 4.79 Å². The van der Waals surface area contributed by atoms with Crippen LogP contribution in [0.2, 0.25) is 10.0 Å². The Hall–Kier alpha value is -1.71. The summed E-state index contributed by atoms with van der Waals surface area (Å²) in [6.07, 6.45) is 1.62. The van der Waals surface area contributed by atoms with Gasteiger partial charge in [-0.2, -0.15) is 0 Å². The minimum Gasteiger partial charge on any atom is -0.496 e. The molecule has 2 aromatic carbocycles. The van der Waals surface area contributed by atoms with E-state index in [0.717, 1.165) is 23.4 Å². The highest BCUT2D eigenvalue weighted by atomic mass is 35.5. The molecule has 0 aliphatic rings. The monoisotopic (exact) mass is 337 g/mol. The van der Waals surface area contributed by atoms with E-state index < -0.39 is 0 Å². The Morgan fingerprint density at radius 1 is 1.18 bits per heavy atom. The van der Waals surface area contributed by atoms with Crippen molar-refractivity contribution in [3.05, 3.63) is 63.6 Å². The average molecular weight is 338 g/mol. The summed E-state index contributed by atoms with van der Waals surface area (Å²) in [7, 11) is 1.53. The van der Waals surface area contributed by atoms with Gasteiger partial charge in [-0.25, -0.2) is 0 Å². The Morgan fingerprint density at radius 2 is 1.95 bits per heavy atom. The molecule has 0 atom stereocenters. The second kappa shape index (κ2) is 8.06. The minimum absolute atomic E-state index is 0.196. The molecule has 0 aliphatic carbocycles. The summed E-state index contributed by atoms with van der Waals surface area (Å²) in [6, 6.07) is 12.7. The van der Waals surface area contributed by atoms with Crippen LogP contribution < -0.4 is 10.1 Å². The minimum atomic E-state index is -0.196. The van der Waals surface area contributed by atoms with Gasteiger partial charge >= 0.3 is 0 Å².